The topological polar surface area (TPSA) is 47.1 Å². The second kappa shape index (κ2) is 5.79. The molecule has 0 radical (unpaired) electrons. The van der Waals surface area contributed by atoms with Gasteiger partial charge in [-0.05, 0) is 38.8 Å². The van der Waals surface area contributed by atoms with Crippen molar-refractivity contribution in [1.29, 1.82) is 0 Å². The first-order valence-electron chi connectivity index (χ1n) is 7.36. The molecule has 0 spiro atoms. The Morgan fingerprint density at radius 2 is 2.25 bits per heavy atom. The Labute approximate surface area is 119 Å². The highest BCUT2D eigenvalue weighted by Gasteiger charge is 2.24. The standard InChI is InChI=1S/C15H22N4O/c1-12-8-16-19(9-12)11-15-5-3-4-6-18(15)10-14-7-13(2)20-17-14/h7-9,15H,3-6,10-11H2,1-2H3/t15-/m1/s1. The predicted molar refractivity (Wildman–Crippen MR) is 76.3 cm³/mol. The van der Waals surface area contributed by atoms with Crippen LogP contribution in [0.15, 0.2) is 23.0 Å². The quantitative estimate of drug-likeness (QED) is 0.859. The van der Waals surface area contributed by atoms with Crippen LogP contribution >= 0.6 is 0 Å². The highest BCUT2D eigenvalue weighted by Crippen LogP contribution is 2.21. The Bertz CT molecular complexity index is 509. The maximum Gasteiger partial charge on any atom is 0.133 e. The molecule has 0 amide bonds. The summed E-state index contributed by atoms with van der Waals surface area (Å²) in [6.45, 7) is 7.00. The summed E-state index contributed by atoms with van der Waals surface area (Å²) in [6, 6.07) is 2.57. The molecule has 0 aliphatic carbocycles. The lowest BCUT2D eigenvalue weighted by Crippen LogP contribution is -2.41. The molecule has 1 fully saturated rings. The Kier molecular flexibility index (Phi) is 3.87. The first-order valence-corrected chi connectivity index (χ1v) is 7.36. The number of hydrogen-bond donors (Lipinski definition) is 0. The van der Waals surface area contributed by atoms with Crippen LogP contribution in [0.25, 0.3) is 0 Å². The second-order valence-corrected chi connectivity index (χ2v) is 5.79. The van der Waals surface area contributed by atoms with E-state index in [1.54, 1.807) is 0 Å². The molecular weight excluding hydrogens is 252 g/mol. The fourth-order valence-corrected chi connectivity index (χ4v) is 2.96. The largest absolute Gasteiger partial charge is 0.361 e. The number of aryl methyl sites for hydroxylation is 2. The molecule has 5 nitrogen and oxygen atoms in total. The summed E-state index contributed by atoms with van der Waals surface area (Å²) in [6.07, 6.45) is 7.85. The van der Waals surface area contributed by atoms with Crippen LogP contribution in [0.3, 0.4) is 0 Å². The van der Waals surface area contributed by atoms with Gasteiger partial charge in [0, 0.05) is 24.8 Å². The molecule has 3 heterocycles. The van der Waals surface area contributed by atoms with Crippen molar-refractivity contribution in [3.05, 3.63) is 35.5 Å². The third kappa shape index (κ3) is 3.10. The van der Waals surface area contributed by atoms with Gasteiger partial charge in [0.15, 0.2) is 0 Å². The fourth-order valence-electron chi connectivity index (χ4n) is 2.96. The molecule has 5 heteroatoms. The van der Waals surface area contributed by atoms with E-state index in [9.17, 15) is 0 Å². The molecule has 0 N–H and O–H groups in total. The summed E-state index contributed by atoms with van der Waals surface area (Å²) in [4.78, 5) is 2.51. The lowest BCUT2D eigenvalue weighted by atomic mass is 10.0. The summed E-state index contributed by atoms with van der Waals surface area (Å²) in [5.41, 5.74) is 2.26. The molecule has 1 aliphatic heterocycles. The monoisotopic (exact) mass is 274 g/mol. The number of aromatic nitrogens is 3. The van der Waals surface area contributed by atoms with E-state index in [2.05, 4.69) is 33.0 Å². The second-order valence-electron chi connectivity index (χ2n) is 5.79. The molecule has 3 rings (SSSR count). The lowest BCUT2D eigenvalue weighted by Gasteiger charge is -2.35. The van der Waals surface area contributed by atoms with Crippen molar-refractivity contribution in [3.63, 3.8) is 0 Å². The molecule has 0 saturated carbocycles. The summed E-state index contributed by atoms with van der Waals surface area (Å²) in [5, 5.41) is 8.53. The summed E-state index contributed by atoms with van der Waals surface area (Å²) < 4.78 is 7.23. The molecule has 20 heavy (non-hydrogen) atoms. The minimum atomic E-state index is 0.542. The highest BCUT2D eigenvalue weighted by atomic mass is 16.5. The zero-order valence-corrected chi connectivity index (χ0v) is 12.2. The van der Waals surface area contributed by atoms with E-state index >= 15 is 0 Å². The minimum absolute atomic E-state index is 0.542. The molecule has 2 aromatic heterocycles. The van der Waals surface area contributed by atoms with E-state index in [0.717, 1.165) is 31.1 Å². The van der Waals surface area contributed by atoms with E-state index in [-0.39, 0.29) is 0 Å². The number of likely N-dealkylation sites (tertiary alicyclic amines) is 1. The normalized spacial score (nSPS) is 20.4. The van der Waals surface area contributed by atoms with Crippen LogP contribution in [0.1, 0.15) is 36.3 Å². The van der Waals surface area contributed by atoms with Crippen LogP contribution in [-0.2, 0) is 13.1 Å². The summed E-state index contributed by atoms with van der Waals surface area (Å²) in [7, 11) is 0. The van der Waals surface area contributed by atoms with Gasteiger partial charge in [-0.25, -0.2) is 0 Å². The van der Waals surface area contributed by atoms with Crippen molar-refractivity contribution in [2.45, 2.75) is 52.2 Å². The highest BCUT2D eigenvalue weighted by molar-refractivity contribution is 5.04. The number of rotatable bonds is 4. The smallest absolute Gasteiger partial charge is 0.133 e. The molecule has 0 bridgehead atoms. The summed E-state index contributed by atoms with van der Waals surface area (Å²) in [5.74, 6) is 0.885. The van der Waals surface area contributed by atoms with Crippen molar-refractivity contribution < 1.29 is 4.52 Å². The average molecular weight is 274 g/mol. The Hall–Kier alpha value is -1.62. The zero-order chi connectivity index (χ0) is 13.9. The van der Waals surface area contributed by atoms with Crippen molar-refractivity contribution in [2.75, 3.05) is 6.54 Å². The van der Waals surface area contributed by atoms with Gasteiger partial charge in [0.1, 0.15) is 5.76 Å². The maximum atomic E-state index is 5.17. The van der Waals surface area contributed by atoms with Crippen LogP contribution in [0.2, 0.25) is 0 Å². The van der Waals surface area contributed by atoms with Crippen LogP contribution < -0.4 is 0 Å². The lowest BCUT2D eigenvalue weighted by molar-refractivity contribution is 0.119. The number of hydrogen-bond acceptors (Lipinski definition) is 4. The van der Waals surface area contributed by atoms with Gasteiger partial charge in [-0.2, -0.15) is 5.10 Å². The van der Waals surface area contributed by atoms with Crippen molar-refractivity contribution >= 4 is 0 Å². The van der Waals surface area contributed by atoms with Crippen LogP contribution in [0.5, 0.6) is 0 Å². The fraction of sp³-hybridized carbons (Fsp3) is 0.600. The van der Waals surface area contributed by atoms with Crippen LogP contribution in [-0.4, -0.2) is 32.4 Å². The van der Waals surface area contributed by atoms with E-state index in [4.69, 9.17) is 4.52 Å². The first kappa shape index (κ1) is 13.4. The van der Waals surface area contributed by atoms with Crippen molar-refractivity contribution in [1.82, 2.24) is 19.8 Å². The zero-order valence-electron chi connectivity index (χ0n) is 12.2. The molecule has 1 atom stereocenters. The van der Waals surface area contributed by atoms with Crippen molar-refractivity contribution in [2.24, 2.45) is 0 Å². The van der Waals surface area contributed by atoms with Gasteiger partial charge < -0.3 is 4.52 Å². The first-order chi connectivity index (χ1) is 9.70. The van der Waals surface area contributed by atoms with Crippen LogP contribution in [0, 0.1) is 13.8 Å². The van der Waals surface area contributed by atoms with E-state index < -0.39 is 0 Å². The van der Waals surface area contributed by atoms with Gasteiger partial charge in [0.25, 0.3) is 0 Å². The molecule has 0 unspecified atom stereocenters. The van der Waals surface area contributed by atoms with Gasteiger partial charge >= 0.3 is 0 Å². The third-order valence-corrected chi connectivity index (χ3v) is 3.95. The molecule has 1 aliphatic rings. The maximum absolute atomic E-state index is 5.17. The molecule has 1 saturated heterocycles. The van der Waals surface area contributed by atoms with Gasteiger partial charge in [-0.3, -0.25) is 9.58 Å². The Morgan fingerprint density at radius 1 is 1.35 bits per heavy atom. The molecule has 2 aromatic rings. The molecule has 108 valence electrons. The molecule has 0 aromatic carbocycles. The SMILES string of the molecule is Cc1cnn(C[C@H]2CCCCN2Cc2cc(C)on2)c1. The third-order valence-electron chi connectivity index (χ3n) is 3.95. The Balaban J connectivity index is 1.67. The van der Waals surface area contributed by atoms with Gasteiger partial charge in [-0.1, -0.05) is 11.6 Å². The van der Waals surface area contributed by atoms with E-state index in [1.165, 1.54) is 24.8 Å². The van der Waals surface area contributed by atoms with Gasteiger partial charge in [0.05, 0.1) is 18.4 Å². The Morgan fingerprint density at radius 3 is 2.95 bits per heavy atom. The predicted octanol–water partition coefficient (Wildman–Crippen LogP) is 2.54. The average Bonchev–Trinajstić information content (AvgIpc) is 3.01. The van der Waals surface area contributed by atoms with Gasteiger partial charge in [-0.15, -0.1) is 0 Å². The molecular formula is C15H22N4O. The number of piperidine rings is 1. The minimum Gasteiger partial charge on any atom is -0.361 e. The van der Waals surface area contributed by atoms with Crippen LogP contribution in [0.4, 0.5) is 0 Å². The van der Waals surface area contributed by atoms with Gasteiger partial charge in [0.2, 0.25) is 0 Å². The van der Waals surface area contributed by atoms with Crippen molar-refractivity contribution in [3.8, 4) is 0 Å². The summed E-state index contributed by atoms with van der Waals surface area (Å²) >= 11 is 0. The van der Waals surface area contributed by atoms with E-state index in [0.29, 0.717) is 6.04 Å². The van der Waals surface area contributed by atoms with E-state index in [1.807, 2.05) is 19.2 Å². The number of nitrogens with zero attached hydrogens (tertiary/aromatic N) is 4.